The second kappa shape index (κ2) is 6.84. The normalized spacial score (nSPS) is 11.5. The first kappa shape index (κ1) is 17.2. The maximum atomic E-state index is 5.48. The fourth-order valence-electron chi connectivity index (χ4n) is 3.14. The number of aromatic nitrogens is 2. The molecule has 4 aromatic rings. The summed E-state index contributed by atoms with van der Waals surface area (Å²) in [6.45, 7) is 6.62. The molecular weight excluding hydrogens is 332 g/mol. The minimum atomic E-state index is 0.119. The Kier molecular flexibility index (Phi) is 4.36. The van der Waals surface area contributed by atoms with Crippen molar-refractivity contribution in [3.63, 3.8) is 0 Å². The lowest BCUT2D eigenvalue weighted by molar-refractivity contribution is 0.403. The molecule has 3 aromatic carbocycles. The molecule has 3 nitrogen and oxygen atoms in total. The van der Waals surface area contributed by atoms with Gasteiger partial charge in [-0.25, -0.2) is 0 Å². The van der Waals surface area contributed by atoms with Crippen molar-refractivity contribution in [1.29, 1.82) is 0 Å². The van der Waals surface area contributed by atoms with Crippen molar-refractivity contribution in [1.82, 2.24) is 10.4 Å². The summed E-state index contributed by atoms with van der Waals surface area (Å²) in [5.74, 6) is 0.697. The van der Waals surface area contributed by atoms with E-state index in [1.54, 1.807) is 0 Å². The van der Waals surface area contributed by atoms with Crippen LogP contribution in [0.25, 0.3) is 33.7 Å². The molecule has 1 aromatic heterocycles. The summed E-state index contributed by atoms with van der Waals surface area (Å²) in [5.41, 5.74) is 6.51. The van der Waals surface area contributed by atoms with Gasteiger partial charge >= 0.3 is 0 Å². The third-order valence-corrected chi connectivity index (χ3v) is 4.77. The Balaban J connectivity index is 1.66. The summed E-state index contributed by atoms with van der Waals surface area (Å²) >= 11 is 0. The van der Waals surface area contributed by atoms with Gasteiger partial charge in [-0.15, -0.1) is 5.10 Å². The number of nitrogens with zero attached hydrogens (tertiary/aromatic N) is 2. The van der Waals surface area contributed by atoms with Gasteiger partial charge in [0.05, 0.1) is 0 Å². The van der Waals surface area contributed by atoms with Gasteiger partial charge in [-0.2, -0.15) is 0 Å². The number of hydrogen-bond acceptors (Lipinski definition) is 3. The fraction of sp³-hybridized carbons (Fsp3) is 0.167. The summed E-state index contributed by atoms with van der Waals surface area (Å²) in [4.78, 5) is 0. The predicted octanol–water partition coefficient (Wildman–Crippen LogP) is 6.37. The van der Waals surface area contributed by atoms with E-state index in [1.807, 2.05) is 18.2 Å². The van der Waals surface area contributed by atoms with E-state index in [1.165, 1.54) is 16.7 Å². The van der Waals surface area contributed by atoms with E-state index in [9.17, 15) is 0 Å². The lowest BCUT2D eigenvalue weighted by Gasteiger charge is -2.18. The van der Waals surface area contributed by atoms with Crippen LogP contribution in [0, 0.1) is 0 Å². The third kappa shape index (κ3) is 3.54. The molecule has 0 saturated carbocycles. The third-order valence-electron chi connectivity index (χ3n) is 4.77. The fourth-order valence-corrected chi connectivity index (χ4v) is 3.14. The van der Waals surface area contributed by atoms with E-state index in [-0.39, 0.29) is 5.41 Å². The monoisotopic (exact) mass is 354 g/mol. The molecule has 0 aliphatic carbocycles. The topological polar surface area (TPSA) is 38.9 Å². The predicted molar refractivity (Wildman–Crippen MR) is 109 cm³/mol. The highest BCUT2D eigenvalue weighted by molar-refractivity contribution is 5.78. The van der Waals surface area contributed by atoms with Crippen LogP contribution in [-0.4, -0.2) is 10.4 Å². The van der Waals surface area contributed by atoms with Crippen LogP contribution in [0.4, 0.5) is 0 Å². The quantitative estimate of drug-likeness (QED) is 0.429. The minimum Gasteiger partial charge on any atom is -0.336 e. The zero-order chi connectivity index (χ0) is 18.9. The maximum Gasteiger partial charge on any atom is 0.195 e. The van der Waals surface area contributed by atoms with Crippen molar-refractivity contribution in [2.45, 2.75) is 26.2 Å². The number of hydrogen-bond donors (Lipinski definition) is 0. The zero-order valence-electron chi connectivity index (χ0n) is 15.8. The Morgan fingerprint density at radius 2 is 1.19 bits per heavy atom. The van der Waals surface area contributed by atoms with E-state index < -0.39 is 0 Å². The van der Waals surface area contributed by atoms with Gasteiger partial charge in [0.15, 0.2) is 5.76 Å². The first-order valence-corrected chi connectivity index (χ1v) is 9.11. The SMILES string of the molecule is CC(C)(C)c1ccc(-c2onnc2-c2ccc(-c3ccccc3)cc2)cc1. The largest absolute Gasteiger partial charge is 0.336 e. The van der Waals surface area contributed by atoms with E-state index in [0.29, 0.717) is 5.76 Å². The maximum absolute atomic E-state index is 5.48. The van der Waals surface area contributed by atoms with Crippen LogP contribution in [0.15, 0.2) is 83.4 Å². The Morgan fingerprint density at radius 1 is 0.630 bits per heavy atom. The first-order chi connectivity index (χ1) is 13.0. The van der Waals surface area contributed by atoms with Crippen LogP contribution in [0.1, 0.15) is 26.3 Å². The standard InChI is InChI=1S/C24H22N2O/c1-24(2,3)21-15-13-20(14-16-21)23-22(25-26-27-23)19-11-9-18(10-12-19)17-7-5-4-6-8-17/h4-16H,1-3H3. The van der Waals surface area contributed by atoms with Crippen LogP contribution < -0.4 is 0 Å². The van der Waals surface area contributed by atoms with Crippen molar-refractivity contribution in [2.75, 3.05) is 0 Å². The van der Waals surface area contributed by atoms with E-state index in [4.69, 9.17) is 4.52 Å². The Morgan fingerprint density at radius 3 is 1.81 bits per heavy atom. The van der Waals surface area contributed by atoms with Crippen molar-refractivity contribution in [3.05, 3.63) is 84.4 Å². The molecule has 134 valence electrons. The molecule has 0 bridgehead atoms. The van der Waals surface area contributed by atoms with Gasteiger partial charge in [0, 0.05) is 16.4 Å². The van der Waals surface area contributed by atoms with Crippen LogP contribution in [-0.2, 0) is 5.41 Å². The van der Waals surface area contributed by atoms with Gasteiger partial charge < -0.3 is 4.52 Å². The summed E-state index contributed by atoms with van der Waals surface area (Å²) < 4.78 is 5.48. The minimum absolute atomic E-state index is 0.119. The summed E-state index contributed by atoms with van der Waals surface area (Å²) in [6.07, 6.45) is 0. The molecular formula is C24H22N2O. The first-order valence-electron chi connectivity index (χ1n) is 9.11. The molecule has 0 radical (unpaired) electrons. The average Bonchev–Trinajstić information content (AvgIpc) is 3.18. The highest BCUT2D eigenvalue weighted by Gasteiger charge is 2.17. The van der Waals surface area contributed by atoms with Crippen molar-refractivity contribution in [3.8, 4) is 33.7 Å². The molecule has 1 heterocycles. The number of benzene rings is 3. The highest BCUT2D eigenvalue weighted by atomic mass is 16.5. The Bertz CT molecular complexity index is 1020. The second-order valence-electron chi connectivity index (χ2n) is 7.72. The molecule has 0 atom stereocenters. The van der Waals surface area contributed by atoms with Gasteiger partial charge in [-0.1, -0.05) is 99.6 Å². The molecule has 0 N–H and O–H groups in total. The lowest BCUT2D eigenvalue weighted by Crippen LogP contribution is -2.10. The van der Waals surface area contributed by atoms with E-state index >= 15 is 0 Å². The van der Waals surface area contributed by atoms with Crippen molar-refractivity contribution < 1.29 is 4.52 Å². The zero-order valence-corrected chi connectivity index (χ0v) is 15.8. The van der Waals surface area contributed by atoms with Crippen molar-refractivity contribution in [2.24, 2.45) is 0 Å². The molecule has 4 rings (SSSR count). The van der Waals surface area contributed by atoms with Crippen molar-refractivity contribution >= 4 is 0 Å². The molecule has 0 fully saturated rings. The van der Waals surface area contributed by atoms with Gasteiger partial charge in [0.25, 0.3) is 0 Å². The average molecular weight is 354 g/mol. The van der Waals surface area contributed by atoms with Crippen LogP contribution in [0.5, 0.6) is 0 Å². The van der Waals surface area contributed by atoms with Gasteiger partial charge in [-0.3, -0.25) is 0 Å². The molecule has 0 amide bonds. The second-order valence-corrected chi connectivity index (χ2v) is 7.72. The molecule has 0 saturated heterocycles. The molecule has 0 unspecified atom stereocenters. The highest BCUT2D eigenvalue weighted by Crippen LogP contribution is 2.33. The Labute approximate surface area is 159 Å². The van der Waals surface area contributed by atoms with Crippen LogP contribution in [0.3, 0.4) is 0 Å². The molecule has 0 spiro atoms. The van der Waals surface area contributed by atoms with Gasteiger partial charge in [0.1, 0.15) is 5.69 Å². The summed E-state index contributed by atoms with van der Waals surface area (Å²) in [6, 6.07) is 27.1. The summed E-state index contributed by atoms with van der Waals surface area (Å²) in [7, 11) is 0. The van der Waals surface area contributed by atoms with Gasteiger partial charge in [0.2, 0.25) is 0 Å². The van der Waals surface area contributed by atoms with Gasteiger partial charge in [-0.05, 0) is 22.1 Å². The van der Waals surface area contributed by atoms with E-state index in [0.717, 1.165) is 16.8 Å². The Hall–Kier alpha value is -3.20. The molecule has 0 aliphatic heterocycles. The molecule has 3 heteroatoms. The summed E-state index contributed by atoms with van der Waals surface area (Å²) in [5, 5.41) is 8.02. The van der Waals surface area contributed by atoms with Crippen LogP contribution in [0.2, 0.25) is 0 Å². The number of rotatable bonds is 3. The van der Waals surface area contributed by atoms with Crippen LogP contribution >= 0.6 is 0 Å². The molecule has 0 aliphatic rings. The lowest BCUT2D eigenvalue weighted by atomic mass is 9.86. The molecule has 27 heavy (non-hydrogen) atoms. The van der Waals surface area contributed by atoms with E-state index in [2.05, 4.69) is 91.8 Å². The smallest absolute Gasteiger partial charge is 0.195 e.